The zero-order valence-corrected chi connectivity index (χ0v) is 9.77. The highest BCUT2D eigenvalue weighted by molar-refractivity contribution is 6.00. The van der Waals surface area contributed by atoms with E-state index in [0.717, 1.165) is 17.2 Å². The van der Waals surface area contributed by atoms with Crippen molar-refractivity contribution in [1.29, 1.82) is 5.41 Å². The lowest BCUT2D eigenvalue weighted by molar-refractivity contribution is 0.608. The van der Waals surface area contributed by atoms with Gasteiger partial charge in [0.05, 0.1) is 11.9 Å². The Hall–Kier alpha value is -1.58. The zero-order chi connectivity index (χ0) is 11.7. The van der Waals surface area contributed by atoms with E-state index in [4.69, 9.17) is 11.1 Å². The summed E-state index contributed by atoms with van der Waals surface area (Å²) in [6.07, 6.45) is 6.08. The molecule has 2 rings (SSSR count). The Labute approximate surface area is 96.0 Å². The molecular formula is C12H18N4. The Morgan fingerprint density at radius 1 is 1.62 bits per heavy atom. The number of hydrogen-bond donors (Lipinski definition) is 2. The number of pyridine rings is 1. The lowest BCUT2D eigenvalue weighted by atomic mass is 10.1. The first-order chi connectivity index (χ1) is 7.61. The number of hydrogen-bond acceptors (Lipinski definition) is 3. The second-order valence-corrected chi connectivity index (χ2v) is 4.50. The van der Waals surface area contributed by atoms with Crippen LogP contribution in [-0.4, -0.2) is 23.9 Å². The van der Waals surface area contributed by atoms with E-state index >= 15 is 0 Å². The van der Waals surface area contributed by atoms with Gasteiger partial charge in [-0.3, -0.25) is 10.4 Å². The molecule has 86 valence electrons. The third-order valence-electron chi connectivity index (χ3n) is 3.39. The van der Waals surface area contributed by atoms with E-state index in [-0.39, 0.29) is 5.84 Å². The molecule has 0 amide bonds. The SMILES string of the molecule is CC(C1CC1)N(C)c1cnccc1C(=N)N. The van der Waals surface area contributed by atoms with Crippen molar-refractivity contribution in [2.24, 2.45) is 11.7 Å². The van der Waals surface area contributed by atoms with Gasteiger partial charge in [0.2, 0.25) is 0 Å². The van der Waals surface area contributed by atoms with Crippen LogP contribution in [0.2, 0.25) is 0 Å². The lowest BCUT2D eigenvalue weighted by Crippen LogP contribution is -2.32. The largest absolute Gasteiger partial charge is 0.384 e. The number of amidine groups is 1. The Balaban J connectivity index is 2.27. The van der Waals surface area contributed by atoms with Gasteiger partial charge in [0.25, 0.3) is 0 Å². The first-order valence-electron chi connectivity index (χ1n) is 5.62. The molecule has 0 aromatic carbocycles. The van der Waals surface area contributed by atoms with Crippen molar-refractivity contribution in [1.82, 2.24) is 4.98 Å². The average Bonchev–Trinajstić information content (AvgIpc) is 3.11. The number of anilines is 1. The summed E-state index contributed by atoms with van der Waals surface area (Å²) < 4.78 is 0. The molecule has 1 saturated carbocycles. The van der Waals surface area contributed by atoms with Crippen LogP contribution in [0.4, 0.5) is 5.69 Å². The van der Waals surface area contributed by atoms with E-state index in [1.165, 1.54) is 12.8 Å². The van der Waals surface area contributed by atoms with Crippen LogP contribution in [-0.2, 0) is 0 Å². The van der Waals surface area contributed by atoms with Gasteiger partial charge in [0.15, 0.2) is 0 Å². The lowest BCUT2D eigenvalue weighted by Gasteiger charge is -2.28. The van der Waals surface area contributed by atoms with Crippen molar-refractivity contribution in [2.75, 3.05) is 11.9 Å². The molecule has 1 aromatic heterocycles. The molecule has 1 aliphatic rings. The summed E-state index contributed by atoms with van der Waals surface area (Å²) in [5.74, 6) is 0.886. The van der Waals surface area contributed by atoms with Gasteiger partial charge in [-0.1, -0.05) is 0 Å². The first kappa shape index (κ1) is 10.9. The molecule has 4 nitrogen and oxygen atoms in total. The maximum absolute atomic E-state index is 7.56. The van der Waals surface area contributed by atoms with E-state index in [1.807, 2.05) is 7.05 Å². The molecule has 1 fully saturated rings. The van der Waals surface area contributed by atoms with Crippen molar-refractivity contribution in [3.8, 4) is 0 Å². The minimum absolute atomic E-state index is 0.104. The summed E-state index contributed by atoms with van der Waals surface area (Å²) in [5, 5.41) is 7.56. The summed E-state index contributed by atoms with van der Waals surface area (Å²) in [4.78, 5) is 6.30. The number of aromatic nitrogens is 1. The number of nitrogens with zero attached hydrogens (tertiary/aromatic N) is 2. The Bertz CT molecular complexity index is 398. The molecule has 4 heteroatoms. The molecule has 1 heterocycles. The number of nitrogens with two attached hydrogens (primary N) is 1. The van der Waals surface area contributed by atoms with Crippen LogP contribution in [0.15, 0.2) is 18.5 Å². The fraction of sp³-hybridized carbons (Fsp3) is 0.500. The molecule has 16 heavy (non-hydrogen) atoms. The number of rotatable bonds is 4. The van der Waals surface area contributed by atoms with Crippen molar-refractivity contribution in [2.45, 2.75) is 25.8 Å². The molecule has 1 aromatic rings. The normalized spacial score (nSPS) is 16.9. The molecule has 0 saturated heterocycles. The molecule has 0 spiro atoms. The second kappa shape index (κ2) is 4.12. The van der Waals surface area contributed by atoms with Crippen LogP contribution in [0, 0.1) is 11.3 Å². The molecule has 1 aliphatic carbocycles. The van der Waals surface area contributed by atoms with Gasteiger partial charge in [-0.15, -0.1) is 0 Å². The highest BCUT2D eigenvalue weighted by Gasteiger charge is 2.31. The third-order valence-corrected chi connectivity index (χ3v) is 3.39. The summed E-state index contributed by atoms with van der Waals surface area (Å²) in [5.41, 5.74) is 7.29. The fourth-order valence-corrected chi connectivity index (χ4v) is 2.01. The van der Waals surface area contributed by atoms with E-state index in [0.29, 0.717) is 6.04 Å². The number of nitrogens with one attached hydrogen (secondary N) is 1. The molecule has 1 atom stereocenters. The fourth-order valence-electron chi connectivity index (χ4n) is 2.01. The smallest absolute Gasteiger partial charge is 0.125 e. The van der Waals surface area contributed by atoms with Crippen molar-refractivity contribution in [3.05, 3.63) is 24.0 Å². The van der Waals surface area contributed by atoms with E-state index in [1.54, 1.807) is 18.5 Å². The summed E-state index contributed by atoms with van der Waals surface area (Å²) in [7, 11) is 2.05. The summed E-state index contributed by atoms with van der Waals surface area (Å²) in [6, 6.07) is 2.29. The van der Waals surface area contributed by atoms with E-state index < -0.39 is 0 Å². The molecule has 0 radical (unpaired) electrons. The Morgan fingerprint density at radius 3 is 2.88 bits per heavy atom. The topological polar surface area (TPSA) is 66.0 Å². The van der Waals surface area contributed by atoms with E-state index in [9.17, 15) is 0 Å². The van der Waals surface area contributed by atoms with E-state index in [2.05, 4.69) is 16.8 Å². The van der Waals surface area contributed by atoms with Crippen LogP contribution in [0.25, 0.3) is 0 Å². The van der Waals surface area contributed by atoms with Crippen LogP contribution < -0.4 is 10.6 Å². The highest BCUT2D eigenvalue weighted by atomic mass is 15.1. The van der Waals surface area contributed by atoms with Gasteiger partial charge in [-0.05, 0) is 31.7 Å². The zero-order valence-electron chi connectivity index (χ0n) is 9.77. The standard InChI is InChI=1S/C12H18N4/c1-8(9-3-4-9)16(2)11-7-15-6-5-10(11)12(13)14/h5-9H,3-4H2,1-2H3,(H3,13,14). The average molecular weight is 218 g/mol. The van der Waals surface area contributed by atoms with Crippen molar-refractivity contribution in [3.63, 3.8) is 0 Å². The predicted octanol–water partition coefficient (Wildman–Crippen LogP) is 1.60. The number of nitrogen functional groups attached to an aromatic ring is 1. The first-order valence-corrected chi connectivity index (χ1v) is 5.62. The van der Waals surface area contributed by atoms with Gasteiger partial charge in [-0.25, -0.2) is 0 Å². The van der Waals surface area contributed by atoms with Crippen LogP contribution in [0.5, 0.6) is 0 Å². The van der Waals surface area contributed by atoms with Crippen LogP contribution in [0.3, 0.4) is 0 Å². The third kappa shape index (κ3) is 2.01. The minimum atomic E-state index is 0.104. The van der Waals surface area contributed by atoms with Gasteiger partial charge in [0.1, 0.15) is 5.84 Å². The maximum Gasteiger partial charge on any atom is 0.125 e. The summed E-state index contributed by atoms with van der Waals surface area (Å²) >= 11 is 0. The van der Waals surface area contributed by atoms with Crippen molar-refractivity contribution >= 4 is 11.5 Å². The van der Waals surface area contributed by atoms with Gasteiger partial charge in [0, 0.05) is 24.8 Å². The van der Waals surface area contributed by atoms with Gasteiger partial charge >= 0.3 is 0 Å². The van der Waals surface area contributed by atoms with Gasteiger partial charge in [-0.2, -0.15) is 0 Å². The van der Waals surface area contributed by atoms with Crippen LogP contribution >= 0.6 is 0 Å². The maximum atomic E-state index is 7.56. The second-order valence-electron chi connectivity index (χ2n) is 4.50. The molecule has 0 bridgehead atoms. The molecule has 3 N–H and O–H groups in total. The van der Waals surface area contributed by atoms with Crippen molar-refractivity contribution < 1.29 is 0 Å². The Morgan fingerprint density at radius 2 is 2.31 bits per heavy atom. The Kier molecular flexibility index (Phi) is 2.81. The molecule has 1 unspecified atom stereocenters. The monoisotopic (exact) mass is 218 g/mol. The quantitative estimate of drug-likeness (QED) is 0.596. The predicted molar refractivity (Wildman–Crippen MR) is 65.8 cm³/mol. The highest BCUT2D eigenvalue weighted by Crippen LogP contribution is 2.36. The van der Waals surface area contributed by atoms with Gasteiger partial charge < -0.3 is 10.6 Å². The molecule has 0 aliphatic heterocycles. The molecular weight excluding hydrogens is 200 g/mol. The minimum Gasteiger partial charge on any atom is -0.384 e. The summed E-state index contributed by atoms with van der Waals surface area (Å²) in [6.45, 7) is 2.22. The van der Waals surface area contributed by atoms with Crippen LogP contribution in [0.1, 0.15) is 25.3 Å².